The smallest absolute Gasteiger partial charge is 0.115 e. The lowest BCUT2D eigenvalue weighted by Gasteiger charge is -2.14. The van der Waals surface area contributed by atoms with E-state index in [2.05, 4.69) is 215 Å². The maximum absolute atomic E-state index is 4.33. The summed E-state index contributed by atoms with van der Waals surface area (Å²) < 4.78 is 0. The van der Waals surface area contributed by atoms with Crippen molar-refractivity contribution < 1.29 is 0 Å². The van der Waals surface area contributed by atoms with E-state index in [1.165, 1.54) is 66.8 Å². The van der Waals surface area contributed by atoms with Crippen LogP contribution in [-0.2, 0) is 0 Å². The standard InChI is InChI=1S/C57H39N3/c1-2-11-40(12-3-1)54-33-55(50-22-7-18-46(30-50)42-14-4-13-41(27-42)45-17-6-21-49(29-45)53-25-10-26-58-36-53)35-56(34-54)51-23-8-19-47(31-51)43-15-5-16-44(28-43)48-20-9-24-52(32-48)57-37-59-39-60-38-57/h1-39H. The quantitative estimate of drug-likeness (QED) is 0.147. The zero-order chi connectivity index (χ0) is 40.1. The highest BCUT2D eigenvalue weighted by molar-refractivity contribution is 5.86. The van der Waals surface area contributed by atoms with Crippen LogP contribution in [0.2, 0.25) is 0 Å². The summed E-state index contributed by atoms with van der Waals surface area (Å²) in [5.41, 5.74) is 20.8. The lowest BCUT2D eigenvalue weighted by molar-refractivity contribution is 1.17. The third kappa shape index (κ3) is 7.80. The average molecular weight is 766 g/mol. The molecule has 3 heteroatoms. The molecule has 0 amide bonds. The molecule has 10 aromatic rings. The van der Waals surface area contributed by atoms with E-state index in [9.17, 15) is 0 Å². The third-order valence-corrected chi connectivity index (χ3v) is 11.1. The van der Waals surface area contributed by atoms with E-state index in [4.69, 9.17) is 0 Å². The first kappa shape index (κ1) is 36.3. The molecule has 2 aromatic heterocycles. The van der Waals surface area contributed by atoms with Gasteiger partial charge in [-0.15, -0.1) is 0 Å². The van der Waals surface area contributed by atoms with Gasteiger partial charge in [0.2, 0.25) is 0 Å². The van der Waals surface area contributed by atoms with Crippen molar-refractivity contribution in [2.75, 3.05) is 0 Å². The molecule has 0 aliphatic carbocycles. The molecule has 0 aliphatic rings. The summed E-state index contributed by atoms with van der Waals surface area (Å²) in [7, 11) is 0. The molecule has 0 saturated carbocycles. The highest BCUT2D eigenvalue weighted by Crippen LogP contribution is 2.37. The summed E-state index contributed by atoms with van der Waals surface area (Å²) in [6.07, 6.45) is 9.00. The van der Waals surface area contributed by atoms with E-state index in [1.54, 1.807) is 6.33 Å². The van der Waals surface area contributed by atoms with Crippen molar-refractivity contribution in [1.82, 2.24) is 15.0 Å². The van der Waals surface area contributed by atoms with Gasteiger partial charge in [0.05, 0.1) is 0 Å². The number of benzene rings is 8. The predicted octanol–water partition coefficient (Wildman–Crippen LogP) is 14.9. The Balaban J connectivity index is 0.997. The van der Waals surface area contributed by atoms with Crippen molar-refractivity contribution in [2.45, 2.75) is 0 Å². The van der Waals surface area contributed by atoms with Crippen LogP contribution < -0.4 is 0 Å². The Morgan fingerprint density at radius 3 is 0.817 bits per heavy atom. The van der Waals surface area contributed by atoms with Crippen molar-refractivity contribution in [1.29, 1.82) is 0 Å². The summed E-state index contributed by atoms with van der Waals surface area (Å²) in [5, 5.41) is 0. The van der Waals surface area contributed by atoms with Crippen LogP contribution >= 0.6 is 0 Å². The second kappa shape index (κ2) is 16.5. The molecule has 0 aliphatic heterocycles. The predicted molar refractivity (Wildman–Crippen MR) is 249 cm³/mol. The first-order valence-electron chi connectivity index (χ1n) is 20.2. The van der Waals surface area contributed by atoms with Gasteiger partial charge in [-0.25, -0.2) is 9.97 Å². The molecule has 0 bridgehead atoms. The lowest BCUT2D eigenvalue weighted by atomic mass is 9.90. The molecule has 0 saturated heterocycles. The summed E-state index contributed by atoms with van der Waals surface area (Å²) >= 11 is 0. The van der Waals surface area contributed by atoms with Crippen molar-refractivity contribution in [3.63, 3.8) is 0 Å². The minimum atomic E-state index is 1.00. The Morgan fingerprint density at radius 2 is 0.450 bits per heavy atom. The Kier molecular flexibility index (Phi) is 9.97. The van der Waals surface area contributed by atoms with Gasteiger partial charge in [-0.1, -0.05) is 146 Å². The highest BCUT2D eigenvalue weighted by Gasteiger charge is 2.12. The first-order valence-corrected chi connectivity index (χ1v) is 20.2. The van der Waals surface area contributed by atoms with Crippen molar-refractivity contribution in [2.24, 2.45) is 0 Å². The van der Waals surface area contributed by atoms with Crippen LogP contribution in [0.1, 0.15) is 0 Å². The van der Waals surface area contributed by atoms with Crippen LogP contribution in [0.15, 0.2) is 237 Å². The second-order valence-electron chi connectivity index (χ2n) is 15.0. The zero-order valence-corrected chi connectivity index (χ0v) is 32.9. The van der Waals surface area contributed by atoms with Gasteiger partial charge in [0.15, 0.2) is 0 Å². The number of pyridine rings is 1. The molecule has 0 unspecified atom stereocenters. The molecule has 3 nitrogen and oxygen atoms in total. The fourth-order valence-electron chi connectivity index (χ4n) is 8.01. The summed E-state index contributed by atoms with van der Waals surface area (Å²) in [6, 6.07) is 74.5. The molecule has 60 heavy (non-hydrogen) atoms. The van der Waals surface area contributed by atoms with Gasteiger partial charge >= 0.3 is 0 Å². The number of nitrogens with zero attached hydrogens (tertiary/aromatic N) is 3. The van der Waals surface area contributed by atoms with Crippen LogP contribution in [-0.4, -0.2) is 15.0 Å². The first-order chi connectivity index (χ1) is 29.7. The van der Waals surface area contributed by atoms with Gasteiger partial charge < -0.3 is 0 Å². The summed E-state index contributed by atoms with van der Waals surface area (Å²) in [5.74, 6) is 0. The number of hydrogen-bond acceptors (Lipinski definition) is 3. The Morgan fingerprint density at radius 1 is 0.183 bits per heavy atom. The Hall–Kier alpha value is -8.01. The fourth-order valence-corrected chi connectivity index (χ4v) is 8.01. The number of rotatable bonds is 9. The molecule has 0 atom stereocenters. The average Bonchev–Trinajstić information content (AvgIpc) is 3.35. The molecular weight excluding hydrogens is 727 g/mol. The minimum absolute atomic E-state index is 1.00. The van der Waals surface area contributed by atoms with Crippen LogP contribution in [0.3, 0.4) is 0 Å². The van der Waals surface area contributed by atoms with E-state index in [0.29, 0.717) is 0 Å². The van der Waals surface area contributed by atoms with Gasteiger partial charge in [0, 0.05) is 35.9 Å². The molecular formula is C57H39N3. The summed E-state index contributed by atoms with van der Waals surface area (Å²) in [4.78, 5) is 12.8. The maximum atomic E-state index is 4.33. The molecule has 0 radical (unpaired) electrons. The second-order valence-corrected chi connectivity index (χ2v) is 15.0. The lowest BCUT2D eigenvalue weighted by Crippen LogP contribution is -1.88. The zero-order valence-electron chi connectivity index (χ0n) is 32.9. The van der Waals surface area contributed by atoms with Gasteiger partial charge in [0.1, 0.15) is 6.33 Å². The van der Waals surface area contributed by atoms with E-state index >= 15 is 0 Å². The fraction of sp³-hybridized carbons (Fsp3) is 0. The van der Waals surface area contributed by atoms with Crippen molar-refractivity contribution >= 4 is 0 Å². The van der Waals surface area contributed by atoms with Crippen molar-refractivity contribution in [3.8, 4) is 100 Å². The molecule has 0 spiro atoms. The van der Waals surface area contributed by atoms with Crippen LogP contribution in [0.4, 0.5) is 0 Å². The monoisotopic (exact) mass is 765 g/mol. The number of aromatic nitrogens is 3. The topological polar surface area (TPSA) is 38.7 Å². The largest absolute Gasteiger partial charge is 0.264 e. The molecule has 10 rings (SSSR count). The molecule has 282 valence electrons. The van der Waals surface area contributed by atoms with Crippen molar-refractivity contribution in [3.05, 3.63) is 237 Å². The normalized spacial score (nSPS) is 11.0. The van der Waals surface area contributed by atoms with Crippen LogP contribution in [0.25, 0.3) is 100 Å². The van der Waals surface area contributed by atoms with Gasteiger partial charge in [0.25, 0.3) is 0 Å². The van der Waals surface area contributed by atoms with Gasteiger partial charge in [-0.2, -0.15) is 0 Å². The molecule has 8 aromatic carbocycles. The Bertz CT molecular complexity index is 2900. The van der Waals surface area contributed by atoms with Gasteiger partial charge in [-0.3, -0.25) is 4.98 Å². The highest BCUT2D eigenvalue weighted by atomic mass is 14.8. The SMILES string of the molecule is c1ccc(-c2cc(-c3cccc(-c4cccc(-c5cccc(-c6cccnc6)c5)c4)c3)cc(-c3cccc(-c4cccc(-c5cccc(-c6cncnc6)c5)c4)c3)c2)cc1. The van der Waals surface area contributed by atoms with E-state index < -0.39 is 0 Å². The van der Waals surface area contributed by atoms with E-state index in [-0.39, 0.29) is 0 Å². The third-order valence-electron chi connectivity index (χ3n) is 11.1. The summed E-state index contributed by atoms with van der Waals surface area (Å²) in [6.45, 7) is 0. The van der Waals surface area contributed by atoms with E-state index in [1.807, 2.05) is 30.9 Å². The van der Waals surface area contributed by atoms with Gasteiger partial charge in [-0.05, 0) is 150 Å². The Labute approximate surface area is 351 Å². The minimum Gasteiger partial charge on any atom is -0.264 e. The molecule has 0 fully saturated rings. The van der Waals surface area contributed by atoms with Crippen LogP contribution in [0.5, 0.6) is 0 Å². The number of hydrogen-bond donors (Lipinski definition) is 0. The van der Waals surface area contributed by atoms with Crippen LogP contribution in [0, 0.1) is 0 Å². The molecule has 2 heterocycles. The van der Waals surface area contributed by atoms with E-state index in [0.717, 1.165) is 33.4 Å². The molecule has 0 N–H and O–H groups in total. The maximum Gasteiger partial charge on any atom is 0.115 e.